The number of aryl methyl sites for hydroxylation is 2. The molecule has 0 spiro atoms. The van der Waals surface area contributed by atoms with Crippen LogP contribution in [0.25, 0.3) is 22.3 Å². The van der Waals surface area contributed by atoms with Gasteiger partial charge in [-0.05, 0) is 55.7 Å². The summed E-state index contributed by atoms with van der Waals surface area (Å²) in [7, 11) is 0. The number of fused-ring (bicyclic) bond motifs is 1. The van der Waals surface area contributed by atoms with E-state index in [-0.39, 0.29) is 6.15 Å². The Hall–Kier alpha value is -2.88. The van der Waals surface area contributed by atoms with Crippen molar-refractivity contribution < 1.29 is 14.7 Å². The van der Waals surface area contributed by atoms with E-state index in [0.29, 0.717) is 18.4 Å². The van der Waals surface area contributed by atoms with Gasteiger partial charge in [0, 0.05) is 12.2 Å². The Morgan fingerprint density at radius 2 is 1.78 bits per heavy atom. The first-order valence-corrected chi connectivity index (χ1v) is 9.09. The van der Waals surface area contributed by atoms with Crippen LogP contribution in [-0.4, -0.2) is 27.8 Å². The normalized spacial score (nSPS) is 17.7. The summed E-state index contributed by atoms with van der Waals surface area (Å²) >= 11 is 0. The molecule has 0 aliphatic heterocycles. The number of benzene rings is 2. The van der Waals surface area contributed by atoms with E-state index in [0.717, 1.165) is 47.2 Å². The van der Waals surface area contributed by atoms with Gasteiger partial charge in [0.2, 0.25) is 0 Å². The number of hydrogen-bond donors (Lipinski definition) is 1. The molecule has 5 heteroatoms. The highest BCUT2D eigenvalue weighted by Gasteiger charge is 2.35. The number of aromatic nitrogens is 2. The van der Waals surface area contributed by atoms with Gasteiger partial charge in [-0.3, -0.25) is 0 Å². The molecule has 1 aliphatic carbocycles. The van der Waals surface area contributed by atoms with Gasteiger partial charge in [0.25, 0.3) is 0 Å². The number of carbonyl (C=O) groups excluding carboxylic acids is 2. The van der Waals surface area contributed by atoms with Crippen molar-refractivity contribution in [2.45, 2.75) is 26.2 Å². The van der Waals surface area contributed by atoms with Crippen molar-refractivity contribution in [1.82, 2.24) is 9.97 Å². The highest BCUT2D eigenvalue weighted by molar-refractivity contribution is 5.79. The molecule has 2 unspecified atom stereocenters. The lowest BCUT2D eigenvalue weighted by atomic mass is 10.0. The third kappa shape index (κ3) is 4.64. The SMILES string of the molecule is Cc1ccc2nc(-c3ccccc3)c(CCC3CC3CO)nc2c1.O=C=O. The first kappa shape index (κ1) is 18.9. The Kier molecular flexibility index (Phi) is 6.07. The summed E-state index contributed by atoms with van der Waals surface area (Å²) in [5.41, 5.74) is 6.31. The molecule has 2 aromatic carbocycles. The number of rotatable bonds is 5. The van der Waals surface area contributed by atoms with Crippen molar-refractivity contribution in [2.24, 2.45) is 11.8 Å². The summed E-state index contributed by atoms with van der Waals surface area (Å²) < 4.78 is 0. The van der Waals surface area contributed by atoms with Gasteiger partial charge >= 0.3 is 6.15 Å². The van der Waals surface area contributed by atoms with Gasteiger partial charge in [0.15, 0.2) is 0 Å². The first-order valence-electron chi connectivity index (χ1n) is 9.09. The van der Waals surface area contributed by atoms with Crippen LogP contribution in [0.5, 0.6) is 0 Å². The second-order valence-electron chi connectivity index (χ2n) is 6.94. The van der Waals surface area contributed by atoms with E-state index in [9.17, 15) is 5.11 Å². The number of aliphatic hydroxyl groups excluding tert-OH is 1. The van der Waals surface area contributed by atoms with E-state index in [1.165, 1.54) is 5.56 Å². The molecule has 1 aliphatic rings. The molecule has 0 bridgehead atoms. The minimum absolute atomic E-state index is 0.250. The summed E-state index contributed by atoms with van der Waals surface area (Å²) in [4.78, 5) is 26.1. The lowest BCUT2D eigenvalue weighted by Gasteiger charge is -2.10. The molecule has 5 nitrogen and oxygen atoms in total. The van der Waals surface area contributed by atoms with E-state index in [4.69, 9.17) is 19.6 Å². The molecule has 1 saturated carbocycles. The van der Waals surface area contributed by atoms with E-state index in [1.54, 1.807) is 0 Å². The smallest absolute Gasteiger partial charge is 0.373 e. The molecule has 1 fully saturated rings. The zero-order chi connectivity index (χ0) is 19.2. The monoisotopic (exact) mass is 362 g/mol. The number of nitrogens with zero attached hydrogens (tertiary/aromatic N) is 2. The maximum Gasteiger partial charge on any atom is 0.373 e. The second kappa shape index (κ2) is 8.67. The van der Waals surface area contributed by atoms with E-state index in [1.807, 2.05) is 18.2 Å². The topological polar surface area (TPSA) is 80.2 Å². The zero-order valence-corrected chi connectivity index (χ0v) is 15.3. The zero-order valence-electron chi connectivity index (χ0n) is 15.3. The Labute approximate surface area is 158 Å². The molecule has 3 aromatic rings. The van der Waals surface area contributed by atoms with E-state index >= 15 is 0 Å². The Balaban J connectivity index is 0.000000659. The van der Waals surface area contributed by atoms with Gasteiger partial charge in [-0.25, -0.2) is 9.97 Å². The largest absolute Gasteiger partial charge is 0.396 e. The Morgan fingerprint density at radius 3 is 2.44 bits per heavy atom. The van der Waals surface area contributed by atoms with Crippen LogP contribution < -0.4 is 0 Å². The second-order valence-corrected chi connectivity index (χ2v) is 6.94. The van der Waals surface area contributed by atoms with E-state index < -0.39 is 0 Å². The fraction of sp³-hybridized carbons (Fsp3) is 0.318. The summed E-state index contributed by atoms with van der Waals surface area (Å²) in [5, 5.41) is 9.25. The maximum absolute atomic E-state index is 9.25. The molecule has 1 N–H and O–H groups in total. The van der Waals surface area contributed by atoms with Crippen LogP contribution in [-0.2, 0) is 16.0 Å². The van der Waals surface area contributed by atoms with Crippen molar-refractivity contribution in [3.63, 3.8) is 0 Å². The minimum Gasteiger partial charge on any atom is -0.396 e. The standard InChI is InChI=1S/C21H22N2O.CO2/c1-14-7-9-18-20(11-14)22-19(10-8-16-12-17(16)13-24)21(23-18)15-5-3-2-4-6-15;2-1-3/h2-7,9,11,16-17,24H,8,10,12-13H2,1H3;. The van der Waals surface area contributed by atoms with Gasteiger partial charge in [-0.2, -0.15) is 9.59 Å². The third-order valence-electron chi connectivity index (χ3n) is 4.99. The molecular formula is C22H22N2O3. The minimum atomic E-state index is 0.250. The van der Waals surface area contributed by atoms with Crippen molar-refractivity contribution in [1.29, 1.82) is 0 Å². The van der Waals surface area contributed by atoms with Crippen molar-refractivity contribution in [3.05, 3.63) is 59.8 Å². The molecule has 138 valence electrons. The summed E-state index contributed by atoms with van der Waals surface area (Å²) in [6, 6.07) is 16.6. The lowest BCUT2D eigenvalue weighted by molar-refractivity contribution is -0.191. The van der Waals surface area contributed by atoms with Gasteiger partial charge < -0.3 is 5.11 Å². The van der Waals surface area contributed by atoms with E-state index in [2.05, 4.69) is 37.3 Å². The van der Waals surface area contributed by atoms with Gasteiger partial charge in [0.05, 0.1) is 22.4 Å². The van der Waals surface area contributed by atoms with Crippen molar-refractivity contribution in [3.8, 4) is 11.3 Å². The van der Waals surface area contributed by atoms with Gasteiger partial charge in [-0.1, -0.05) is 36.4 Å². The molecule has 0 saturated heterocycles. The average molecular weight is 362 g/mol. The molecule has 0 amide bonds. The van der Waals surface area contributed by atoms with Crippen LogP contribution in [0.4, 0.5) is 0 Å². The Morgan fingerprint density at radius 1 is 1.04 bits per heavy atom. The number of hydrogen-bond acceptors (Lipinski definition) is 5. The Bertz CT molecular complexity index is 950. The van der Waals surface area contributed by atoms with Crippen LogP contribution in [0.3, 0.4) is 0 Å². The highest BCUT2D eigenvalue weighted by atomic mass is 16.3. The van der Waals surface area contributed by atoms with Crippen LogP contribution >= 0.6 is 0 Å². The van der Waals surface area contributed by atoms with Crippen LogP contribution in [0.15, 0.2) is 48.5 Å². The fourth-order valence-corrected chi connectivity index (χ4v) is 3.41. The van der Waals surface area contributed by atoms with Gasteiger partial charge in [-0.15, -0.1) is 0 Å². The quantitative estimate of drug-likeness (QED) is 0.750. The van der Waals surface area contributed by atoms with Crippen molar-refractivity contribution in [2.75, 3.05) is 6.61 Å². The maximum atomic E-state index is 9.25. The predicted molar refractivity (Wildman–Crippen MR) is 102 cm³/mol. The van der Waals surface area contributed by atoms with Crippen LogP contribution in [0.1, 0.15) is 24.1 Å². The molecule has 1 heterocycles. The highest BCUT2D eigenvalue weighted by Crippen LogP contribution is 2.41. The summed E-state index contributed by atoms with van der Waals surface area (Å²) in [5.74, 6) is 1.15. The molecule has 4 rings (SSSR count). The molecule has 27 heavy (non-hydrogen) atoms. The third-order valence-corrected chi connectivity index (χ3v) is 4.99. The number of aliphatic hydroxyl groups is 1. The van der Waals surface area contributed by atoms with Crippen LogP contribution in [0.2, 0.25) is 0 Å². The molecular weight excluding hydrogens is 340 g/mol. The summed E-state index contributed by atoms with van der Waals surface area (Å²) in [6.07, 6.45) is 3.40. The first-order chi connectivity index (χ1) is 13.2. The summed E-state index contributed by atoms with van der Waals surface area (Å²) in [6.45, 7) is 2.40. The molecule has 1 aromatic heterocycles. The fourth-order valence-electron chi connectivity index (χ4n) is 3.41. The van der Waals surface area contributed by atoms with Crippen molar-refractivity contribution >= 4 is 17.2 Å². The molecule has 2 atom stereocenters. The lowest BCUT2D eigenvalue weighted by Crippen LogP contribution is -2.01. The average Bonchev–Trinajstić information content (AvgIpc) is 3.45. The van der Waals surface area contributed by atoms with Gasteiger partial charge in [0.1, 0.15) is 0 Å². The van der Waals surface area contributed by atoms with Crippen LogP contribution in [0, 0.1) is 18.8 Å². The predicted octanol–water partition coefficient (Wildman–Crippen LogP) is 3.58. The molecule has 0 radical (unpaired) electrons.